The van der Waals surface area contributed by atoms with E-state index in [9.17, 15) is 14.4 Å². The Morgan fingerprint density at radius 3 is 2.48 bits per heavy atom. The van der Waals surface area contributed by atoms with E-state index in [1.807, 2.05) is 13.0 Å². The number of hydrogen-bond acceptors (Lipinski definition) is 4. The number of pyridine rings is 1. The zero-order valence-electron chi connectivity index (χ0n) is 15.0. The number of aryl methyl sites for hydroxylation is 1. The number of carbonyl (C=O) groups excluding carboxylic acids is 1. The van der Waals surface area contributed by atoms with Crippen LogP contribution in [0.15, 0.2) is 40.1 Å². The molecular weight excluding hydrogens is 346 g/mol. The fourth-order valence-electron chi connectivity index (χ4n) is 3.50. The molecule has 1 aliphatic rings. The zero-order chi connectivity index (χ0) is 19.0. The lowest BCUT2D eigenvalue weighted by Crippen LogP contribution is -2.23. The molecule has 0 atom stereocenters. The van der Waals surface area contributed by atoms with Gasteiger partial charge in [0.15, 0.2) is 0 Å². The van der Waals surface area contributed by atoms with Crippen molar-refractivity contribution in [3.05, 3.63) is 56.9 Å². The van der Waals surface area contributed by atoms with E-state index in [1.54, 1.807) is 18.3 Å². The monoisotopic (exact) mass is 367 g/mol. The smallest absolute Gasteiger partial charge is 0.323 e. The molecule has 1 aliphatic heterocycles. The summed E-state index contributed by atoms with van der Waals surface area (Å²) < 4.78 is 1.53. The molecule has 1 aromatic carbocycles. The van der Waals surface area contributed by atoms with Crippen molar-refractivity contribution < 1.29 is 4.79 Å². The van der Waals surface area contributed by atoms with Crippen LogP contribution in [-0.4, -0.2) is 33.5 Å². The summed E-state index contributed by atoms with van der Waals surface area (Å²) in [5.74, 6) is -0.354. The summed E-state index contributed by atoms with van der Waals surface area (Å²) in [5.41, 5.74) is 2.61. The third kappa shape index (κ3) is 3.25. The molecule has 8 nitrogen and oxygen atoms in total. The number of anilines is 2. The molecule has 8 heteroatoms. The Kier molecular flexibility index (Phi) is 4.31. The maximum atomic E-state index is 12.7. The first kappa shape index (κ1) is 17.1. The molecule has 0 unspecified atom stereocenters. The van der Waals surface area contributed by atoms with Gasteiger partial charge in [-0.25, -0.2) is 4.79 Å². The van der Waals surface area contributed by atoms with Crippen LogP contribution in [0.4, 0.5) is 11.4 Å². The molecule has 3 aromatic rings. The molecule has 0 spiro atoms. The van der Waals surface area contributed by atoms with E-state index in [0.717, 1.165) is 31.6 Å². The van der Waals surface area contributed by atoms with E-state index in [2.05, 4.69) is 20.2 Å². The second-order valence-corrected chi connectivity index (χ2v) is 6.68. The molecule has 1 fully saturated rings. The van der Waals surface area contributed by atoms with Gasteiger partial charge in [0.25, 0.3) is 11.5 Å². The van der Waals surface area contributed by atoms with E-state index < -0.39 is 0 Å². The maximum absolute atomic E-state index is 12.7. The second kappa shape index (κ2) is 6.79. The van der Waals surface area contributed by atoms with Crippen molar-refractivity contribution in [3.8, 4) is 0 Å². The number of benzene rings is 1. The summed E-state index contributed by atoms with van der Waals surface area (Å²) in [6, 6.07) is 6.60. The topological polar surface area (TPSA) is 103 Å². The van der Waals surface area contributed by atoms with Crippen molar-refractivity contribution in [1.29, 1.82) is 0 Å². The SMILES string of the molecule is CCn1ccc(C(=O)Nc2cc3[nH]c(=O)[nH]c3cc2N2CCCC2)cc1=O. The lowest BCUT2D eigenvalue weighted by Gasteiger charge is -2.22. The van der Waals surface area contributed by atoms with Gasteiger partial charge in [0.1, 0.15) is 0 Å². The molecule has 3 N–H and O–H groups in total. The van der Waals surface area contributed by atoms with Crippen LogP contribution in [0.2, 0.25) is 0 Å². The van der Waals surface area contributed by atoms with E-state index in [4.69, 9.17) is 0 Å². The number of rotatable bonds is 4. The molecule has 0 bridgehead atoms. The van der Waals surface area contributed by atoms with Crippen molar-refractivity contribution in [2.75, 3.05) is 23.3 Å². The third-order valence-corrected chi connectivity index (χ3v) is 4.93. The lowest BCUT2D eigenvalue weighted by molar-refractivity contribution is 0.102. The molecule has 27 heavy (non-hydrogen) atoms. The standard InChI is InChI=1S/C19H21N5O3/c1-2-23-8-5-12(9-17(23)25)18(26)20-15-10-13-14(22-19(27)21-13)11-16(15)24-6-3-4-7-24/h5,8-11H,2-4,6-7H2,1H3,(H,20,26)(H2,21,22,27). The highest BCUT2D eigenvalue weighted by Crippen LogP contribution is 2.32. The molecule has 0 radical (unpaired) electrons. The highest BCUT2D eigenvalue weighted by molar-refractivity contribution is 6.07. The first-order chi connectivity index (χ1) is 13.0. The molecule has 0 saturated carbocycles. The van der Waals surface area contributed by atoms with Gasteiger partial charge in [-0.15, -0.1) is 0 Å². The highest BCUT2D eigenvalue weighted by Gasteiger charge is 2.19. The Balaban J connectivity index is 1.72. The molecule has 140 valence electrons. The third-order valence-electron chi connectivity index (χ3n) is 4.93. The van der Waals surface area contributed by atoms with E-state index in [1.165, 1.54) is 10.6 Å². The van der Waals surface area contributed by atoms with Crippen LogP contribution in [-0.2, 0) is 6.54 Å². The number of nitrogens with zero attached hydrogens (tertiary/aromatic N) is 2. The Morgan fingerprint density at radius 1 is 1.11 bits per heavy atom. The van der Waals surface area contributed by atoms with Gasteiger partial charge in [0, 0.05) is 37.5 Å². The van der Waals surface area contributed by atoms with Crippen LogP contribution in [0.3, 0.4) is 0 Å². The van der Waals surface area contributed by atoms with Crippen molar-refractivity contribution in [3.63, 3.8) is 0 Å². The molecule has 4 rings (SSSR count). The summed E-state index contributed by atoms with van der Waals surface area (Å²) in [5, 5.41) is 2.91. The first-order valence-electron chi connectivity index (χ1n) is 9.08. The number of hydrogen-bond donors (Lipinski definition) is 3. The minimum Gasteiger partial charge on any atom is -0.370 e. The zero-order valence-corrected chi connectivity index (χ0v) is 15.0. The van der Waals surface area contributed by atoms with Gasteiger partial charge in [-0.3, -0.25) is 9.59 Å². The molecule has 3 heterocycles. The summed E-state index contributed by atoms with van der Waals surface area (Å²) in [6.07, 6.45) is 3.79. The van der Waals surface area contributed by atoms with Crippen molar-refractivity contribution in [2.45, 2.75) is 26.3 Å². The van der Waals surface area contributed by atoms with Crippen LogP contribution < -0.4 is 21.5 Å². The number of aromatic nitrogens is 3. The van der Waals surface area contributed by atoms with Crippen molar-refractivity contribution in [1.82, 2.24) is 14.5 Å². The van der Waals surface area contributed by atoms with Crippen LogP contribution in [0.25, 0.3) is 11.0 Å². The summed E-state index contributed by atoms with van der Waals surface area (Å²) in [7, 11) is 0. The van der Waals surface area contributed by atoms with Crippen LogP contribution >= 0.6 is 0 Å². The fourth-order valence-corrected chi connectivity index (χ4v) is 3.50. The number of carbonyl (C=O) groups is 1. The Labute approximate surface area is 154 Å². The predicted molar refractivity (Wildman–Crippen MR) is 105 cm³/mol. The van der Waals surface area contributed by atoms with Gasteiger partial charge >= 0.3 is 5.69 Å². The molecule has 0 aliphatic carbocycles. The Hall–Kier alpha value is -3.29. The van der Waals surface area contributed by atoms with Crippen LogP contribution in [0.1, 0.15) is 30.1 Å². The van der Waals surface area contributed by atoms with Crippen LogP contribution in [0, 0.1) is 0 Å². The average Bonchev–Trinajstić information content (AvgIpc) is 3.29. The van der Waals surface area contributed by atoms with Gasteiger partial charge in [-0.2, -0.15) is 0 Å². The quantitative estimate of drug-likeness (QED) is 0.655. The summed E-state index contributed by atoms with van der Waals surface area (Å²) in [6.45, 7) is 4.22. The lowest BCUT2D eigenvalue weighted by atomic mass is 10.2. The number of H-pyrrole nitrogens is 2. The maximum Gasteiger partial charge on any atom is 0.323 e. The Morgan fingerprint density at radius 2 is 1.81 bits per heavy atom. The van der Waals surface area contributed by atoms with E-state index >= 15 is 0 Å². The minimum atomic E-state index is -0.354. The van der Waals surface area contributed by atoms with Gasteiger partial charge in [0.05, 0.1) is 22.4 Å². The molecule has 1 saturated heterocycles. The fraction of sp³-hybridized carbons (Fsp3) is 0.316. The number of aromatic amines is 2. The summed E-state index contributed by atoms with van der Waals surface area (Å²) >= 11 is 0. The van der Waals surface area contributed by atoms with Crippen LogP contribution in [0.5, 0.6) is 0 Å². The number of imidazole rings is 1. The normalized spacial score (nSPS) is 14.0. The predicted octanol–water partition coefficient (Wildman–Crippen LogP) is 1.89. The number of fused-ring (bicyclic) bond motifs is 1. The summed E-state index contributed by atoms with van der Waals surface area (Å²) in [4.78, 5) is 44.0. The van der Waals surface area contributed by atoms with E-state index in [-0.39, 0.29) is 17.2 Å². The van der Waals surface area contributed by atoms with Gasteiger partial charge in [-0.1, -0.05) is 0 Å². The number of nitrogens with one attached hydrogen (secondary N) is 3. The molecular formula is C19H21N5O3. The molecule has 2 aromatic heterocycles. The second-order valence-electron chi connectivity index (χ2n) is 6.68. The molecule has 1 amide bonds. The average molecular weight is 367 g/mol. The van der Waals surface area contributed by atoms with Crippen molar-refractivity contribution in [2.24, 2.45) is 0 Å². The minimum absolute atomic E-state index is 0.213. The van der Waals surface area contributed by atoms with Gasteiger partial charge < -0.3 is 24.8 Å². The highest BCUT2D eigenvalue weighted by atomic mass is 16.2. The largest absolute Gasteiger partial charge is 0.370 e. The van der Waals surface area contributed by atoms with Gasteiger partial charge in [-0.05, 0) is 38.0 Å². The van der Waals surface area contributed by atoms with E-state index in [0.29, 0.717) is 28.8 Å². The van der Waals surface area contributed by atoms with Gasteiger partial charge in [0.2, 0.25) is 0 Å². The number of amides is 1. The Bertz CT molecular complexity index is 1120. The van der Waals surface area contributed by atoms with Crippen molar-refractivity contribution >= 4 is 28.3 Å². The first-order valence-corrected chi connectivity index (χ1v) is 9.08.